The number of methoxy groups -OCH3 is 2. The maximum absolute atomic E-state index is 12.9. The number of hydrogen-bond donors (Lipinski definition) is 2. The summed E-state index contributed by atoms with van der Waals surface area (Å²) < 4.78 is 10.1. The van der Waals surface area contributed by atoms with E-state index in [4.69, 9.17) is 20.4 Å². The van der Waals surface area contributed by atoms with Crippen LogP contribution in [0.4, 0.5) is 0 Å². The van der Waals surface area contributed by atoms with Crippen molar-refractivity contribution < 1.29 is 19.5 Å². The first-order valence-corrected chi connectivity index (χ1v) is 7.37. The van der Waals surface area contributed by atoms with Gasteiger partial charge in [0, 0.05) is 33.9 Å². The molecule has 0 heterocycles. The number of carbonyl (C=O) groups excluding carboxylic acids is 1. The Balaban J connectivity index is 2.84. The second-order valence-electron chi connectivity index (χ2n) is 5.41. The fraction of sp³-hybridized carbons (Fsp3) is 0.857. The van der Waals surface area contributed by atoms with Gasteiger partial charge in [0.05, 0.1) is 6.61 Å². The molecular formula is C14H27N3O4. The molecule has 3 N–H and O–H groups in total. The first-order chi connectivity index (χ1) is 10.1. The van der Waals surface area contributed by atoms with Crippen LogP contribution in [-0.2, 0) is 14.3 Å². The molecule has 7 nitrogen and oxygen atoms in total. The van der Waals surface area contributed by atoms with Gasteiger partial charge in [0.1, 0.15) is 5.41 Å². The predicted molar refractivity (Wildman–Crippen MR) is 79.3 cm³/mol. The van der Waals surface area contributed by atoms with E-state index in [1.54, 1.807) is 19.1 Å². The van der Waals surface area contributed by atoms with E-state index in [-0.39, 0.29) is 11.7 Å². The summed E-state index contributed by atoms with van der Waals surface area (Å²) in [5, 5.41) is 12.1. The van der Waals surface area contributed by atoms with Crippen LogP contribution in [0.1, 0.15) is 32.1 Å². The van der Waals surface area contributed by atoms with Gasteiger partial charge in [-0.25, -0.2) is 0 Å². The molecule has 21 heavy (non-hydrogen) atoms. The van der Waals surface area contributed by atoms with Crippen molar-refractivity contribution in [1.82, 2.24) is 4.90 Å². The molecule has 1 amide bonds. The summed E-state index contributed by atoms with van der Waals surface area (Å²) in [5.74, 6) is -0.0392. The number of ether oxygens (including phenoxy) is 2. The summed E-state index contributed by atoms with van der Waals surface area (Å²) in [7, 11) is 3.24. The number of nitrogens with zero attached hydrogens (tertiary/aromatic N) is 2. The van der Waals surface area contributed by atoms with E-state index in [0.29, 0.717) is 39.1 Å². The van der Waals surface area contributed by atoms with Gasteiger partial charge >= 0.3 is 0 Å². The Morgan fingerprint density at radius 3 is 2.38 bits per heavy atom. The van der Waals surface area contributed by atoms with Crippen LogP contribution < -0.4 is 5.73 Å². The van der Waals surface area contributed by atoms with E-state index in [1.807, 2.05) is 0 Å². The fourth-order valence-corrected chi connectivity index (χ4v) is 2.87. The Labute approximate surface area is 126 Å². The molecule has 1 rings (SSSR count). The van der Waals surface area contributed by atoms with E-state index in [9.17, 15) is 4.79 Å². The highest BCUT2D eigenvalue weighted by Gasteiger charge is 2.47. The lowest BCUT2D eigenvalue weighted by Gasteiger charge is -2.33. The average Bonchev–Trinajstić information content (AvgIpc) is 3.00. The van der Waals surface area contributed by atoms with Crippen molar-refractivity contribution in [3.63, 3.8) is 0 Å². The summed E-state index contributed by atoms with van der Waals surface area (Å²) in [6.07, 6.45) is 3.85. The zero-order valence-electron chi connectivity index (χ0n) is 13.0. The quantitative estimate of drug-likeness (QED) is 0.216. The lowest BCUT2D eigenvalue weighted by molar-refractivity contribution is -0.139. The van der Waals surface area contributed by atoms with Gasteiger partial charge in [-0.3, -0.25) is 4.79 Å². The molecule has 0 aliphatic heterocycles. The molecule has 0 bridgehead atoms. The van der Waals surface area contributed by atoms with Gasteiger partial charge in [0.15, 0.2) is 5.84 Å². The van der Waals surface area contributed by atoms with Crippen molar-refractivity contribution >= 4 is 11.7 Å². The third-order valence-corrected chi connectivity index (χ3v) is 4.09. The molecule has 122 valence electrons. The van der Waals surface area contributed by atoms with Crippen LogP contribution in [0.2, 0.25) is 0 Å². The average molecular weight is 301 g/mol. The number of rotatable bonds is 9. The van der Waals surface area contributed by atoms with Crippen molar-refractivity contribution in [2.24, 2.45) is 16.3 Å². The number of amides is 1. The highest BCUT2D eigenvalue weighted by molar-refractivity contribution is 6.07. The number of hydrogen-bond acceptors (Lipinski definition) is 5. The highest BCUT2D eigenvalue weighted by Crippen LogP contribution is 2.40. The molecule has 1 fully saturated rings. The minimum atomic E-state index is -0.852. The second kappa shape index (κ2) is 8.84. The van der Waals surface area contributed by atoms with Crippen molar-refractivity contribution in [3.05, 3.63) is 0 Å². The zero-order valence-corrected chi connectivity index (χ0v) is 13.0. The normalized spacial score (nSPS) is 17.9. The first-order valence-electron chi connectivity index (χ1n) is 7.37. The standard InChI is InChI=1S/C14H27N3O4/c1-20-10-5-8-17(9-11-21-2)13(18)14(12(15)16-19)6-3-4-7-14/h19H,3-11H2,1-2H3,(H2,15,16). The smallest absolute Gasteiger partial charge is 0.236 e. The lowest BCUT2D eigenvalue weighted by Crippen LogP contribution is -2.51. The van der Waals surface area contributed by atoms with Crippen molar-refractivity contribution in [2.45, 2.75) is 32.1 Å². The summed E-state index contributed by atoms with van der Waals surface area (Å²) in [6.45, 7) is 2.13. The monoisotopic (exact) mass is 301 g/mol. The van der Waals surface area contributed by atoms with Crippen LogP contribution in [0.25, 0.3) is 0 Å². The molecule has 1 aliphatic carbocycles. The molecule has 0 unspecified atom stereocenters. The molecule has 0 saturated heterocycles. The van der Waals surface area contributed by atoms with E-state index < -0.39 is 5.41 Å². The molecule has 0 aromatic rings. The Morgan fingerprint density at radius 2 is 1.86 bits per heavy atom. The van der Waals surface area contributed by atoms with Crippen LogP contribution in [0.15, 0.2) is 5.16 Å². The molecular weight excluding hydrogens is 274 g/mol. The molecule has 1 aliphatic rings. The molecule has 7 heteroatoms. The fourth-order valence-electron chi connectivity index (χ4n) is 2.87. The van der Waals surface area contributed by atoms with Crippen LogP contribution in [-0.4, -0.2) is 62.4 Å². The maximum Gasteiger partial charge on any atom is 0.236 e. The molecule has 0 atom stereocenters. The van der Waals surface area contributed by atoms with Crippen molar-refractivity contribution in [3.8, 4) is 0 Å². The topological polar surface area (TPSA) is 97.4 Å². The van der Waals surface area contributed by atoms with Gasteiger partial charge in [-0.1, -0.05) is 18.0 Å². The molecule has 0 radical (unpaired) electrons. The van der Waals surface area contributed by atoms with Crippen LogP contribution in [0, 0.1) is 5.41 Å². The maximum atomic E-state index is 12.9. The van der Waals surface area contributed by atoms with Gasteiger partial charge in [0.2, 0.25) is 5.91 Å². The molecule has 0 aromatic carbocycles. The van der Waals surface area contributed by atoms with E-state index in [1.165, 1.54) is 0 Å². The second-order valence-corrected chi connectivity index (χ2v) is 5.41. The van der Waals surface area contributed by atoms with Crippen LogP contribution >= 0.6 is 0 Å². The number of oxime groups is 1. The summed E-state index contributed by atoms with van der Waals surface area (Å²) in [4.78, 5) is 14.7. The molecule has 1 saturated carbocycles. The largest absolute Gasteiger partial charge is 0.409 e. The van der Waals surface area contributed by atoms with Gasteiger partial charge < -0.3 is 25.3 Å². The number of amidine groups is 1. The van der Waals surface area contributed by atoms with Gasteiger partial charge in [-0.15, -0.1) is 0 Å². The van der Waals surface area contributed by atoms with E-state index in [0.717, 1.165) is 19.3 Å². The predicted octanol–water partition coefficient (Wildman–Crippen LogP) is 0.805. The Morgan fingerprint density at radius 1 is 1.24 bits per heavy atom. The number of carbonyl (C=O) groups is 1. The summed E-state index contributed by atoms with van der Waals surface area (Å²) in [6, 6.07) is 0. The SMILES string of the molecule is COCCCN(CCOC)C(=O)C1(C(N)=NO)CCCC1. The zero-order chi connectivity index (χ0) is 15.7. The van der Waals surface area contributed by atoms with E-state index >= 15 is 0 Å². The Bertz CT molecular complexity index is 354. The minimum Gasteiger partial charge on any atom is -0.409 e. The third kappa shape index (κ3) is 4.31. The summed E-state index contributed by atoms with van der Waals surface area (Å²) >= 11 is 0. The van der Waals surface area contributed by atoms with Crippen LogP contribution in [0.5, 0.6) is 0 Å². The summed E-state index contributed by atoms with van der Waals surface area (Å²) in [5.41, 5.74) is 4.98. The molecule has 0 aromatic heterocycles. The minimum absolute atomic E-state index is 0.0270. The first kappa shape index (κ1) is 17.7. The van der Waals surface area contributed by atoms with Gasteiger partial charge in [0.25, 0.3) is 0 Å². The Kier molecular flexibility index (Phi) is 7.45. The van der Waals surface area contributed by atoms with Gasteiger partial charge in [-0.2, -0.15) is 0 Å². The third-order valence-electron chi connectivity index (χ3n) is 4.09. The van der Waals surface area contributed by atoms with Crippen molar-refractivity contribution in [1.29, 1.82) is 0 Å². The molecule has 0 spiro atoms. The Hall–Kier alpha value is -1.34. The van der Waals surface area contributed by atoms with Crippen LogP contribution in [0.3, 0.4) is 0 Å². The highest BCUT2D eigenvalue weighted by atomic mass is 16.5. The van der Waals surface area contributed by atoms with E-state index in [2.05, 4.69) is 5.16 Å². The lowest BCUT2D eigenvalue weighted by atomic mass is 9.83. The number of nitrogens with two attached hydrogens (primary N) is 1. The van der Waals surface area contributed by atoms with Crippen molar-refractivity contribution in [2.75, 3.05) is 40.5 Å². The van der Waals surface area contributed by atoms with Gasteiger partial charge in [-0.05, 0) is 19.3 Å².